The average molecular weight is 330 g/mol. The Balaban J connectivity index is 2.46. The molecule has 96 valence electrons. The van der Waals surface area contributed by atoms with Crippen LogP contribution in [0.15, 0.2) is 28.7 Å². The fourth-order valence-electron chi connectivity index (χ4n) is 2.53. The van der Waals surface area contributed by atoms with Crippen molar-refractivity contribution in [3.05, 3.63) is 34.3 Å². The predicted octanol–water partition coefficient (Wildman–Crippen LogP) is 1.46. The molecule has 1 aliphatic carbocycles. The number of hydrogen-bond acceptors (Lipinski definition) is 4. The molecule has 0 amide bonds. The number of halogens is 1. The van der Waals surface area contributed by atoms with Crippen molar-refractivity contribution in [2.75, 3.05) is 12.9 Å². The molecule has 0 aromatic heterocycles. The standard InChI is InChI=1S/C12H12BrNO3S/c1-18(16,17)11-10(12(11,6-14)7-15)8-2-4-9(13)5-3-8/h2-5,10-11,15H,7H2,1H3/t10-,11+,12-/m0/s1. The maximum absolute atomic E-state index is 11.7. The molecule has 0 aliphatic heterocycles. The lowest BCUT2D eigenvalue weighted by molar-refractivity contribution is 0.242. The van der Waals surface area contributed by atoms with Gasteiger partial charge in [0.2, 0.25) is 0 Å². The molecule has 1 N–H and O–H groups in total. The van der Waals surface area contributed by atoms with Gasteiger partial charge in [-0.1, -0.05) is 28.1 Å². The molecule has 3 atom stereocenters. The quantitative estimate of drug-likeness (QED) is 0.910. The first-order valence-electron chi connectivity index (χ1n) is 5.33. The van der Waals surface area contributed by atoms with Gasteiger partial charge in [-0.2, -0.15) is 5.26 Å². The summed E-state index contributed by atoms with van der Waals surface area (Å²) >= 11 is 3.30. The van der Waals surface area contributed by atoms with E-state index in [9.17, 15) is 18.8 Å². The second-order valence-electron chi connectivity index (χ2n) is 4.59. The molecule has 1 fully saturated rings. The minimum atomic E-state index is -3.36. The summed E-state index contributed by atoms with van der Waals surface area (Å²) in [6.45, 7) is -0.442. The molecular formula is C12H12BrNO3S. The second kappa shape index (κ2) is 4.34. The monoisotopic (exact) mass is 329 g/mol. The summed E-state index contributed by atoms with van der Waals surface area (Å²) in [5.74, 6) is -0.449. The molecule has 18 heavy (non-hydrogen) atoms. The molecule has 0 saturated heterocycles. The van der Waals surface area contributed by atoms with Gasteiger partial charge in [-0.05, 0) is 17.7 Å². The Morgan fingerprint density at radius 1 is 1.44 bits per heavy atom. The van der Waals surface area contributed by atoms with Crippen LogP contribution in [0.1, 0.15) is 11.5 Å². The highest BCUT2D eigenvalue weighted by molar-refractivity contribution is 9.10. The summed E-state index contributed by atoms with van der Waals surface area (Å²) in [5.41, 5.74) is -0.425. The van der Waals surface area contributed by atoms with Crippen molar-refractivity contribution in [3.63, 3.8) is 0 Å². The van der Waals surface area contributed by atoms with E-state index in [1.54, 1.807) is 24.3 Å². The Labute approximate surface area is 114 Å². The number of nitriles is 1. The van der Waals surface area contributed by atoms with Crippen molar-refractivity contribution in [1.82, 2.24) is 0 Å². The number of nitrogens with zero attached hydrogens (tertiary/aromatic N) is 1. The lowest BCUT2D eigenvalue weighted by atomic mass is 10.0. The second-order valence-corrected chi connectivity index (χ2v) is 7.67. The van der Waals surface area contributed by atoms with E-state index >= 15 is 0 Å². The van der Waals surface area contributed by atoms with Crippen molar-refractivity contribution in [1.29, 1.82) is 5.26 Å². The topological polar surface area (TPSA) is 78.2 Å². The van der Waals surface area contributed by atoms with Crippen LogP contribution in [-0.2, 0) is 9.84 Å². The number of benzene rings is 1. The van der Waals surface area contributed by atoms with Crippen molar-refractivity contribution < 1.29 is 13.5 Å². The maximum Gasteiger partial charge on any atom is 0.152 e. The van der Waals surface area contributed by atoms with Crippen LogP contribution in [0.3, 0.4) is 0 Å². The highest BCUT2D eigenvalue weighted by atomic mass is 79.9. The van der Waals surface area contributed by atoms with Gasteiger partial charge in [0, 0.05) is 16.6 Å². The number of aliphatic hydroxyl groups is 1. The summed E-state index contributed by atoms with van der Waals surface area (Å²) in [4.78, 5) is 0. The molecular weight excluding hydrogens is 318 g/mol. The van der Waals surface area contributed by atoms with Gasteiger partial charge in [0.25, 0.3) is 0 Å². The summed E-state index contributed by atoms with van der Waals surface area (Å²) in [6, 6.07) is 9.14. The highest BCUT2D eigenvalue weighted by Gasteiger charge is 2.70. The normalized spacial score (nSPS) is 30.8. The molecule has 4 nitrogen and oxygen atoms in total. The first kappa shape index (κ1) is 13.5. The van der Waals surface area contributed by atoms with Crippen molar-refractivity contribution >= 4 is 25.8 Å². The van der Waals surface area contributed by atoms with E-state index in [2.05, 4.69) is 15.9 Å². The van der Waals surface area contributed by atoms with E-state index in [1.165, 1.54) is 0 Å². The van der Waals surface area contributed by atoms with Gasteiger partial charge in [0.05, 0.1) is 17.9 Å². The molecule has 1 aliphatic rings. The molecule has 0 spiro atoms. The SMILES string of the molecule is CS(=O)(=O)[C@@H]1[C@H](c2ccc(Br)cc2)[C@]1(C#N)CO. The van der Waals surface area contributed by atoms with Crippen LogP contribution < -0.4 is 0 Å². The van der Waals surface area contributed by atoms with Crippen LogP contribution in [0.4, 0.5) is 0 Å². The average Bonchev–Trinajstić information content (AvgIpc) is 3.00. The molecule has 1 aromatic carbocycles. The highest BCUT2D eigenvalue weighted by Crippen LogP contribution is 2.62. The molecule has 0 heterocycles. The van der Waals surface area contributed by atoms with Gasteiger partial charge in [-0.15, -0.1) is 0 Å². The fraction of sp³-hybridized carbons (Fsp3) is 0.417. The third kappa shape index (κ3) is 1.96. The van der Waals surface area contributed by atoms with Crippen molar-refractivity contribution in [3.8, 4) is 6.07 Å². The first-order chi connectivity index (χ1) is 8.36. The summed E-state index contributed by atoms with van der Waals surface area (Å²) in [6.07, 6.45) is 1.11. The Morgan fingerprint density at radius 2 is 2.00 bits per heavy atom. The fourth-order valence-corrected chi connectivity index (χ4v) is 4.65. The third-order valence-electron chi connectivity index (χ3n) is 3.42. The molecule has 6 heteroatoms. The van der Waals surface area contributed by atoms with E-state index in [-0.39, 0.29) is 0 Å². The summed E-state index contributed by atoms with van der Waals surface area (Å²) in [7, 11) is -3.36. The summed E-state index contributed by atoms with van der Waals surface area (Å²) in [5, 5.41) is 17.8. The van der Waals surface area contributed by atoms with Crippen LogP contribution >= 0.6 is 15.9 Å². The number of hydrogen-bond donors (Lipinski definition) is 1. The minimum Gasteiger partial charge on any atom is -0.395 e. The molecule has 0 unspecified atom stereocenters. The Morgan fingerprint density at radius 3 is 2.33 bits per heavy atom. The molecule has 0 radical (unpaired) electrons. The Bertz CT molecular complexity index is 605. The maximum atomic E-state index is 11.7. The predicted molar refractivity (Wildman–Crippen MR) is 70.6 cm³/mol. The minimum absolute atomic E-state index is 0.442. The smallest absolute Gasteiger partial charge is 0.152 e. The van der Waals surface area contributed by atoms with E-state index < -0.39 is 33.0 Å². The van der Waals surface area contributed by atoms with Crippen molar-refractivity contribution in [2.45, 2.75) is 11.2 Å². The van der Waals surface area contributed by atoms with E-state index in [0.717, 1.165) is 16.3 Å². The van der Waals surface area contributed by atoms with Gasteiger partial charge in [0.15, 0.2) is 9.84 Å². The van der Waals surface area contributed by atoms with Crippen LogP contribution in [-0.4, -0.2) is 31.6 Å². The summed E-state index contributed by atoms with van der Waals surface area (Å²) < 4.78 is 24.3. The van der Waals surface area contributed by atoms with E-state index in [0.29, 0.717) is 0 Å². The Hall–Kier alpha value is -0.900. The Kier molecular flexibility index (Phi) is 3.26. The number of rotatable bonds is 3. The van der Waals surface area contributed by atoms with E-state index in [1.807, 2.05) is 6.07 Å². The van der Waals surface area contributed by atoms with Gasteiger partial charge >= 0.3 is 0 Å². The van der Waals surface area contributed by atoms with Gasteiger partial charge < -0.3 is 5.11 Å². The largest absolute Gasteiger partial charge is 0.395 e. The lowest BCUT2D eigenvalue weighted by Crippen LogP contribution is -2.16. The zero-order valence-corrected chi connectivity index (χ0v) is 12.1. The first-order valence-corrected chi connectivity index (χ1v) is 8.08. The van der Waals surface area contributed by atoms with Crippen molar-refractivity contribution in [2.24, 2.45) is 5.41 Å². The van der Waals surface area contributed by atoms with Crippen LogP contribution in [0.5, 0.6) is 0 Å². The van der Waals surface area contributed by atoms with Gasteiger partial charge in [0.1, 0.15) is 5.41 Å². The van der Waals surface area contributed by atoms with Gasteiger partial charge in [-0.25, -0.2) is 8.42 Å². The van der Waals surface area contributed by atoms with Gasteiger partial charge in [-0.3, -0.25) is 0 Å². The molecule has 0 bridgehead atoms. The lowest BCUT2D eigenvalue weighted by Gasteiger charge is -2.03. The van der Waals surface area contributed by atoms with Crippen LogP contribution in [0, 0.1) is 16.7 Å². The zero-order valence-electron chi connectivity index (χ0n) is 9.67. The number of aliphatic hydroxyl groups excluding tert-OH is 1. The van der Waals surface area contributed by atoms with E-state index in [4.69, 9.17) is 0 Å². The molecule has 1 aromatic rings. The zero-order chi connectivity index (χ0) is 13.6. The van der Waals surface area contributed by atoms with Crippen LogP contribution in [0.2, 0.25) is 0 Å². The third-order valence-corrected chi connectivity index (χ3v) is 5.56. The number of sulfone groups is 1. The molecule has 2 rings (SSSR count). The van der Waals surface area contributed by atoms with Crippen LogP contribution in [0.25, 0.3) is 0 Å². The molecule has 1 saturated carbocycles.